The third kappa shape index (κ3) is 3.98. The van der Waals surface area contributed by atoms with E-state index in [1.54, 1.807) is 0 Å². The first-order valence-corrected chi connectivity index (χ1v) is 11.5. The second-order valence-electron chi connectivity index (χ2n) is 8.54. The van der Waals surface area contributed by atoms with E-state index in [4.69, 9.17) is 4.74 Å². The number of hydrogen-bond acceptors (Lipinski definition) is 7. The lowest BCUT2D eigenvalue weighted by Gasteiger charge is -2.31. The standard InChI is InChI=1S/C22H26N4O3S/c1-13-14(4-5-17-18(13)12-29-21(17)28)6-9-26-10-7-16(8-11-26)20(27)24-22-23-19(25-30-22)15-2-3-15/h4-5,15-16H,2-3,6-12H2,1H3,(H,23,24,25,27). The quantitative estimate of drug-likeness (QED) is 0.714. The van der Waals surface area contributed by atoms with Crippen LogP contribution in [0.5, 0.6) is 0 Å². The number of carbonyl (C=O) groups excluding carboxylic acids is 2. The first-order chi connectivity index (χ1) is 14.6. The Morgan fingerprint density at radius 1 is 1.27 bits per heavy atom. The Balaban J connectivity index is 1.10. The number of hydrogen-bond donors (Lipinski definition) is 1. The minimum Gasteiger partial charge on any atom is -0.457 e. The Morgan fingerprint density at radius 3 is 2.83 bits per heavy atom. The predicted molar refractivity (Wildman–Crippen MR) is 114 cm³/mol. The molecule has 3 heterocycles. The molecule has 0 atom stereocenters. The molecule has 1 saturated heterocycles. The second-order valence-corrected chi connectivity index (χ2v) is 9.29. The molecule has 0 spiro atoms. The van der Waals surface area contributed by atoms with Gasteiger partial charge >= 0.3 is 5.97 Å². The Labute approximate surface area is 180 Å². The van der Waals surface area contributed by atoms with Crippen LogP contribution in [0.25, 0.3) is 0 Å². The van der Waals surface area contributed by atoms with E-state index in [2.05, 4.69) is 32.6 Å². The van der Waals surface area contributed by atoms with E-state index in [-0.39, 0.29) is 17.8 Å². The normalized spacial score (nSPS) is 19.6. The molecule has 2 fully saturated rings. The van der Waals surface area contributed by atoms with Crippen LogP contribution in [0.1, 0.15) is 64.5 Å². The van der Waals surface area contributed by atoms with Crippen LogP contribution in [0, 0.1) is 12.8 Å². The van der Waals surface area contributed by atoms with Crippen LogP contribution in [0.2, 0.25) is 0 Å². The topological polar surface area (TPSA) is 84.4 Å². The first kappa shape index (κ1) is 19.6. The monoisotopic (exact) mass is 426 g/mol. The number of benzene rings is 1. The van der Waals surface area contributed by atoms with Crippen molar-refractivity contribution in [3.8, 4) is 0 Å². The van der Waals surface area contributed by atoms with Gasteiger partial charge in [0, 0.05) is 35.5 Å². The highest BCUT2D eigenvalue weighted by molar-refractivity contribution is 7.09. The SMILES string of the molecule is Cc1c(CCN2CCC(C(=O)Nc3nc(C4CC4)ns3)CC2)ccc2c1COC2=O. The minimum absolute atomic E-state index is 0.0411. The summed E-state index contributed by atoms with van der Waals surface area (Å²) in [4.78, 5) is 31.2. The van der Waals surface area contributed by atoms with E-state index in [1.165, 1.54) is 35.5 Å². The number of anilines is 1. The van der Waals surface area contributed by atoms with Crippen LogP contribution in [0.15, 0.2) is 12.1 Å². The van der Waals surface area contributed by atoms with Crippen molar-refractivity contribution < 1.29 is 14.3 Å². The Hall–Kier alpha value is -2.32. The van der Waals surface area contributed by atoms with Gasteiger partial charge in [-0.1, -0.05) is 6.07 Å². The third-order valence-electron chi connectivity index (χ3n) is 6.55. The molecule has 30 heavy (non-hydrogen) atoms. The van der Waals surface area contributed by atoms with Crippen molar-refractivity contribution in [1.29, 1.82) is 0 Å². The van der Waals surface area contributed by atoms with Gasteiger partial charge in [0.05, 0.1) is 5.56 Å². The van der Waals surface area contributed by atoms with Crippen molar-refractivity contribution in [3.05, 3.63) is 40.2 Å². The average molecular weight is 427 g/mol. The smallest absolute Gasteiger partial charge is 0.338 e. The summed E-state index contributed by atoms with van der Waals surface area (Å²) >= 11 is 1.29. The Morgan fingerprint density at radius 2 is 2.07 bits per heavy atom. The van der Waals surface area contributed by atoms with Gasteiger partial charge in [0.25, 0.3) is 0 Å². The number of esters is 1. The number of nitrogens with one attached hydrogen (secondary N) is 1. The first-order valence-electron chi connectivity index (χ1n) is 10.7. The van der Waals surface area contributed by atoms with Crippen LogP contribution in [0.4, 0.5) is 5.13 Å². The van der Waals surface area contributed by atoms with Crippen molar-refractivity contribution in [3.63, 3.8) is 0 Å². The van der Waals surface area contributed by atoms with Crippen molar-refractivity contribution in [2.75, 3.05) is 25.0 Å². The van der Waals surface area contributed by atoms with Gasteiger partial charge in [0.1, 0.15) is 12.4 Å². The van der Waals surface area contributed by atoms with Crippen molar-refractivity contribution in [2.24, 2.45) is 5.92 Å². The molecule has 1 N–H and O–H groups in total. The highest BCUT2D eigenvalue weighted by atomic mass is 32.1. The van der Waals surface area contributed by atoms with Gasteiger partial charge in [0.15, 0.2) is 0 Å². The molecule has 158 valence electrons. The summed E-state index contributed by atoms with van der Waals surface area (Å²) < 4.78 is 9.51. The van der Waals surface area contributed by atoms with E-state index in [0.29, 0.717) is 23.2 Å². The third-order valence-corrected chi connectivity index (χ3v) is 7.19. The molecule has 1 amide bonds. The van der Waals surface area contributed by atoms with Gasteiger partial charge in [-0.15, -0.1) is 0 Å². The number of amides is 1. The summed E-state index contributed by atoms with van der Waals surface area (Å²) in [7, 11) is 0. The zero-order valence-electron chi connectivity index (χ0n) is 17.1. The lowest BCUT2D eigenvalue weighted by molar-refractivity contribution is -0.121. The molecule has 2 aliphatic heterocycles. The molecule has 8 heteroatoms. The molecule has 3 aliphatic rings. The average Bonchev–Trinajstić information content (AvgIpc) is 3.39. The predicted octanol–water partition coefficient (Wildman–Crippen LogP) is 3.29. The van der Waals surface area contributed by atoms with Gasteiger partial charge in [-0.25, -0.2) is 9.78 Å². The maximum atomic E-state index is 12.6. The number of ether oxygens (including phenoxy) is 1. The number of likely N-dealkylation sites (tertiary alicyclic amines) is 1. The highest BCUT2D eigenvalue weighted by Crippen LogP contribution is 2.39. The van der Waals surface area contributed by atoms with Crippen LogP contribution in [-0.4, -0.2) is 45.8 Å². The summed E-state index contributed by atoms with van der Waals surface area (Å²) in [6.45, 7) is 5.28. The van der Waals surface area contributed by atoms with Crippen molar-refractivity contribution >= 4 is 28.5 Å². The Kier molecular flexibility index (Phi) is 5.28. The van der Waals surface area contributed by atoms with Crippen molar-refractivity contribution in [1.82, 2.24) is 14.3 Å². The molecule has 1 saturated carbocycles. The molecule has 5 rings (SSSR count). The molecular formula is C22H26N4O3S. The van der Waals surface area contributed by atoms with Crippen LogP contribution < -0.4 is 5.32 Å². The molecule has 1 aromatic carbocycles. The molecule has 0 bridgehead atoms. The van der Waals surface area contributed by atoms with E-state index < -0.39 is 0 Å². The number of piperidine rings is 1. The summed E-state index contributed by atoms with van der Waals surface area (Å²) in [6.07, 6.45) is 5.01. The number of rotatable bonds is 6. The number of fused-ring (bicyclic) bond motifs is 1. The largest absolute Gasteiger partial charge is 0.457 e. The molecular weight excluding hydrogens is 400 g/mol. The fourth-order valence-electron chi connectivity index (χ4n) is 4.37. The van der Waals surface area contributed by atoms with Crippen LogP contribution in [-0.2, 0) is 22.6 Å². The molecule has 0 radical (unpaired) electrons. The second kappa shape index (κ2) is 8.07. The maximum Gasteiger partial charge on any atom is 0.338 e. The fraction of sp³-hybridized carbons (Fsp3) is 0.545. The number of aromatic nitrogens is 2. The molecule has 0 unspecified atom stereocenters. The van der Waals surface area contributed by atoms with Gasteiger partial charge in [-0.3, -0.25) is 4.79 Å². The molecule has 1 aromatic heterocycles. The maximum absolute atomic E-state index is 12.6. The summed E-state index contributed by atoms with van der Waals surface area (Å²) in [5.41, 5.74) is 4.20. The van der Waals surface area contributed by atoms with Gasteiger partial charge < -0.3 is 15.0 Å². The molecule has 2 aromatic rings. The zero-order valence-corrected chi connectivity index (χ0v) is 18.0. The summed E-state index contributed by atoms with van der Waals surface area (Å²) in [5.74, 6) is 1.31. The number of nitrogens with zero attached hydrogens (tertiary/aromatic N) is 3. The Bertz CT molecular complexity index is 977. The van der Waals surface area contributed by atoms with E-state index >= 15 is 0 Å². The molecule has 7 nitrogen and oxygen atoms in total. The van der Waals surface area contributed by atoms with Gasteiger partial charge in [-0.2, -0.15) is 4.37 Å². The number of carbonyl (C=O) groups is 2. The van der Waals surface area contributed by atoms with Crippen LogP contribution >= 0.6 is 11.5 Å². The van der Waals surface area contributed by atoms with E-state index in [9.17, 15) is 9.59 Å². The van der Waals surface area contributed by atoms with Crippen molar-refractivity contribution in [2.45, 2.75) is 51.6 Å². The van der Waals surface area contributed by atoms with E-state index in [0.717, 1.165) is 50.3 Å². The summed E-state index contributed by atoms with van der Waals surface area (Å²) in [6, 6.07) is 3.95. The molecule has 1 aliphatic carbocycles. The fourth-order valence-corrected chi connectivity index (χ4v) is 5.02. The lowest BCUT2D eigenvalue weighted by atomic mass is 9.94. The lowest BCUT2D eigenvalue weighted by Crippen LogP contribution is -2.39. The number of cyclic esters (lactones) is 1. The highest BCUT2D eigenvalue weighted by Gasteiger charge is 2.30. The summed E-state index contributed by atoms with van der Waals surface area (Å²) in [5, 5.41) is 3.61. The minimum atomic E-state index is -0.211. The van der Waals surface area contributed by atoms with Gasteiger partial charge in [-0.05, 0) is 69.3 Å². The van der Waals surface area contributed by atoms with Gasteiger partial charge in [0.2, 0.25) is 11.0 Å². The zero-order chi connectivity index (χ0) is 20.7. The van der Waals surface area contributed by atoms with E-state index in [1.807, 2.05) is 6.07 Å². The van der Waals surface area contributed by atoms with Crippen LogP contribution in [0.3, 0.4) is 0 Å².